The maximum absolute atomic E-state index is 9.99. The Morgan fingerprint density at radius 1 is 1.14 bits per heavy atom. The van der Waals surface area contributed by atoms with E-state index < -0.39 is 24.1 Å². The Balaban J connectivity index is 0. The van der Waals surface area contributed by atoms with E-state index in [2.05, 4.69) is 5.73 Å². The molecular formula is C6H12N2O6. The van der Waals surface area contributed by atoms with Crippen LogP contribution in [0.25, 0.3) is 0 Å². The molecule has 0 heterocycles. The van der Waals surface area contributed by atoms with Gasteiger partial charge in [0.1, 0.15) is 6.04 Å². The van der Waals surface area contributed by atoms with Crippen molar-refractivity contribution in [3.8, 4) is 0 Å². The fraction of sp³-hybridized carbons (Fsp3) is 0.500. The lowest BCUT2D eigenvalue weighted by Gasteiger charge is -2.01. The number of hydrogen-bond acceptors (Lipinski definition) is 4. The van der Waals surface area contributed by atoms with E-state index in [1.165, 1.54) is 0 Å². The summed E-state index contributed by atoms with van der Waals surface area (Å²) in [6.07, 6.45) is -1.56. The Morgan fingerprint density at radius 2 is 1.50 bits per heavy atom. The van der Waals surface area contributed by atoms with Gasteiger partial charge in [-0.1, -0.05) is 0 Å². The summed E-state index contributed by atoms with van der Waals surface area (Å²) in [4.78, 5) is 28.6. The van der Waals surface area contributed by atoms with Crippen molar-refractivity contribution in [3.63, 3.8) is 0 Å². The van der Waals surface area contributed by atoms with Crippen LogP contribution < -0.4 is 11.5 Å². The third kappa shape index (κ3) is 16.6. The van der Waals surface area contributed by atoms with E-state index in [-0.39, 0.29) is 12.8 Å². The highest BCUT2D eigenvalue weighted by atomic mass is 16.4. The number of hydrogen-bond donors (Lipinski definition) is 5. The molecule has 8 heteroatoms. The van der Waals surface area contributed by atoms with Crippen molar-refractivity contribution in [2.45, 2.75) is 18.9 Å². The molecule has 0 radical (unpaired) electrons. The van der Waals surface area contributed by atoms with Crippen molar-refractivity contribution in [2.24, 2.45) is 11.5 Å². The van der Waals surface area contributed by atoms with Crippen molar-refractivity contribution in [1.29, 1.82) is 0 Å². The second kappa shape index (κ2) is 7.80. The lowest BCUT2D eigenvalue weighted by atomic mass is 10.2. The topological polar surface area (TPSA) is 164 Å². The fourth-order valence-electron chi connectivity index (χ4n) is 0.402. The van der Waals surface area contributed by atoms with E-state index in [0.29, 0.717) is 0 Å². The number of primary amides is 1. The number of amides is 1. The van der Waals surface area contributed by atoms with Crippen LogP contribution in [-0.2, 0) is 9.59 Å². The van der Waals surface area contributed by atoms with E-state index >= 15 is 0 Å². The number of carboxylic acids is 2. The van der Waals surface area contributed by atoms with Crippen molar-refractivity contribution >= 4 is 18.0 Å². The first-order valence-corrected chi connectivity index (χ1v) is 3.46. The highest BCUT2D eigenvalue weighted by Gasteiger charge is 2.12. The molecule has 82 valence electrons. The summed E-state index contributed by atoms with van der Waals surface area (Å²) in [7, 11) is 0. The van der Waals surface area contributed by atoms with Gasteiger partial charge in [0.25, 0.3) is 0 Å². The van der Waals surface area contributed by atoms with Gasteiger partial charge in [0.05, 0.1) is 0 Å². The van der Waals surface area contributed by atoms with Gasteiger partial charge < -0.3 is 26.8 Å². The molecule has 0 rings (SSSR count). The summed E-state index contributed by atoms with van der Waals surface area (Å²) in [5.41, 5.74) is 9.03. The van der Waals surface area contributed by atoms with Crippen LogP contribution in [0.3, 0.4) is 0 Å². The number of nitrogens with two attached hydrogens (primary N) is 2. The molecule has 1 amide bonds. The van der Waals surface area contributed by atoms with Crippen LogP contribution in [0.5, 0.6) is 0 Å². The molecule has 1 atom stereocenters. The molecular weight excluding hydrogens is 196 g/mol. The van der Waals surface area contributed by atoms with Crippen LogP contribution in [0.4, 0.5) is 4.79 Å². The largest absolute Gasteiger partial charge is 0.481 e. The predicted molar refractivity (Wildman–Crippen MR) is 44.7 cm³/mol. The average molecular weight is 208 g/mol. The summed E-state index contributed by atoms with van der Waals surface area (Å²) < 4.78 is 0. The van der Waals surface area contributed by atoms with Crippen LogP contribution in [0.2, 0.25) is 0 Å². The van der Waals surface area contributed by atoms with E-state index in [9.17, 15) is 9.59 Å². The van der Waals surface area contributed by atoms with Gasteiger partial charge in [0.15, 0.2) is 0 Å². The number of rotatable bonds is 4. The third-order valence-corrected chi connectivity index (χ3v) is 0.986. The molecule has 0 aromatic rings. The minimum atomic E-state index is -1.33. The van der Waals surface area contributed by atoms with Gasteiger partial charge >= 0.3 is 18.0 Å². The summed E-state index contributed by atoms with van der Waals surface area (Å²) in [6, 6.07) is -1.06. The van der Waals surface area contributed by atoms with Crippen LogP contribution in [0.15, 0.2) is 0 Å². The molecule has 7 N–H and O–H groups in total. The van der Waals surface area contributed by atoms with E-state index in [0.717, 1.165) is 0 Å². The van der Waals surface area contributed by atoms with Gasteiger partial charge in [-0.25, -0.2) is 4.79 Å². The highest BCUT2D eigenvalue weighted by molar-refractivity contribution is 5.74. The summed E-state index contributed by atoms with van der Waals surface area (Å²) in [5, 5.41) is 23.5. The van der Waals surface area contributed by atoms with Gasteiger partial charge in [0, 0.05) is 6.42 Å². The highest BCUT2D eigenvalue weighted by Crippen LogP contribution is 1.93. The molecule has 0 aromatic heterocycles. The molecule has 0 aliphatic heterocycles. The molecule has 0 aliphatic carbocycles. The molecule has 0 aromatic carbocycles. The van der Waals surface area contributed by atoms with Crippen LogP contribution in [-0.4, -0.2) is 39.4 Å². The maximum atomic E-state index is 9.99. The normalized spacial score (nSPS) is 10.6. The van der Waals surface area contributed by atoms with Crippen molar-refractivity contribution in [3.05, 3.63) is 0 Å². The van der Waals surface area contributed by atoms with Crippen LogP contribution in [0, 0.1) is 0 Å². The van der Waals surface area contributed by atoms with E-state index in [4.69, 9.17) is 25.8 Å². The minimum Gasteiger partial charge on any atom is -0.481 e. The van der Waals surface area contributed by atoms with Crippen LogP contribution >= 0.6 is 0 Å². The fourth-order valence-corrected chi connectivity index (χ4v) is 0.402. The second-order valence-corrected chi connectivity index (χ2v) is 2.22. The Bertz CT molecular complexity index is 212. The molecule has 0 aliphatic rings. The molecule has 1 unspecified atom stereocenters. The standard InChI is InChI=1S/C5H9NO4.CH3NO2/c6-3(5(9)10)1-2-4(7)8;2-1(3)4/h3H,1-2,6H2,(H,7,8)(H,9,10);2H2,(H,3,4). The molecule has 14 heavy (non-hydrogen) atoms. The first-order chi connectivity index (χ1) is 6.27. The zero-order chi connectivity index (χ0) is 11.7. The monoisotopic (exact) mass is 208 g/mol. The Morgan fingerprint density at radius 3 is 1.71 bits per heavy atom. The van der Waals surface area contributed by atoms with Gasteiger partial charge in [-0.05, 0) is 6.42 Å². The van der Waals surface area contributed by atoms with Crippen molar-refractivity contribution < 1.29 is 29.7 Å². The lowest BCUT2D eigenvalue weighted by molar-refractivity contribution is -0.139. The van der Waals surface area contributed by atoms with Crippen molar-refractivity contribution in [1.82, 2.24) is 0 Å². The average Bonchev–Trinajstić information content (AvgIpc) is 1.98. The number of aliphatic carboxylic acids is 2. The Labute approximate surface area is 79.1 Å². The first kappa shape index (κ1) is 14.7. The molecule has 0 saturated carbocycles. The number of carbonyl (C=O) groups is 3. The Kier molecular flexibility index (Phi) is 8.18. The molecule has 0 fully saturated rings. The summed E-state index contributed by atoms with van der Waals surface area (Å²) in [6.45, 7) is 0. The molecule has 8 nitrogen and oxygen atoms in total. The van der Waals surface area contributed by atoms with Gasteiger partial charge in [0.2, 0.25) is 0 Å². The van der Waals surface area contributed by atoms with Crippen molar-refractivity contribution in [2.75, 3.05) is 0 Å². The smallest absolute Gasteiger partial charge is 0.402 e. The summed E-state index contributed by atoms with van der Waals surface area (Å²) in [5.74, 6) is -2.20. The summed E-state index contributed by atoms with van der Waals surface area (Å²) >= 11 is 0. The SMILES string of the molecule is NC(=O)O.NC(CCC(=O)O)C(=O)O. The maximum Gasteiger partial charge on any atom is 0.402 e. The van der Waals surface area contributed by atoms with E-state index in [1.807, 2.05) is 0 Å². The first-order valence-electron chi connectivity index (χ1n) is 3.46. The molecule has 0 spiro atoms. The Hall–Kier alpha value is -1.83. The third-order valence-electron chi connectivity index (χ3n) is 0.986. The second-order valence-electron chi connectivity index (χ2n) is 2.22. The zero-order valence-corrected chi connectivity index (χ0v) is 7.21. The van der Waals surface area contributed by atoms with Crippen LogP contribution in [0.1, 0.15) is 12.8 Å². The zero-order valence-electron chi connectivity index (χ0n) is 7.21. The lowest BCUT2D eigenvalue weighted by Crippen LogP contribution is -2.30. The van der Waals surface area contributed by atoms with Gasteiger partial charge in [-0.15, -0.1) is 0 Å². The van der Waals surface area contributed by atoms with Gasteiger partial charge in [-0.2, -0.15) is 0 Å². The molecule has 0 bridgehead atoms. The molecule has 0 saturated heterocycles. The quantitative estimate of drug-likeness (QED) is 0.390. The minimum absolute atomic E-state index is 0.0231. The van der Waals surface area contributed by atoms with E-state index in [1.54, 1.807) is 0 Å². The van der Waals surface area contributed by atoms with Gasteiger partial charge in [-0.3, -0.25) is 9.59 Å². The number of carboxylic acid groups (broad SMARTS) is 3. The predicted octanol–water partition coefficient (Wildman–Crippen LogP) is -1.11.